The summed E-state index contributed by atoms with van der Waals surface area (Å²) in [4.78, 5) is 8.44. The van der Waals surface area contributed by atoms with Crippen molar-refractivity contribution in [2.24, 2.45) is 0 Å². The second kappa shape index (κ2) is 5.42. The van der Waals surface area contributed by atoms with Gasteiger partial charge in [-0.05, 0) is 24.5 Å². The van der Waals surface area contributed by atoms with E-state index in [1.54, 1.807) is 12.4 Å². The SMILES string of the molecule is Cc1cccc2c1OC[C@@H](NCc1cnc3cnccn13)C2. The van der Waals surface area contributed by atoms with Crippen molar-refractivity contribution in [2.45, 2.75) is 25.9 Å². The van der Waals surface area contributed by atoms with Gasteiger partial charge in [0.15, 0.2) is 5.65 Å². The number of aryl methyl sites for hydroxylation is 1. The van der Waals surface area contributed by atoms with Crippen LogP contribution in [0.5, 0.6) is 5.75 Å². The molecule has 5 heteroatoms. The molecule has 0 spiro atoms. The maximum absolute atomic E-state index is 5.93. The number of hydrogen-bond donors (Lipinski definition) is 1. The lowest BCUT2D eigenvalue weighted by Gasteiger charge is -2.27. The van der Waals surface area contributed by atoms with Crippen molar-refractivity contribution in [2.75, 3.05) is 6.61 Å². The van der Waals surface area contributed by atoms with Gasteiger partial charge in [0.25, 0.3) is 0 Å². The molecule has 0 fully saturated rings. The third-order valence-electron chi connectivity index (χ3n) is 4.15. The molecule has 3 heterocycles. The van der Waals surface area contributed by atoms with Crippen LogP contribution in [0, 0.1) is 6.92 Å². The smallest absolute Gasteiger partial charge is 0.155 e. The molecule has 0 bridgehead atoms. The standard InChI is InChI=1S/C17H18N4O/c1-12-3-2-4-13-7-14(11-22-17(12)13)19-8-15-9-20-16-10-18-5-6-21(15)16/h2-6,9-10,14,19H,7-8,11H2,1H3/t14-/m0/s1. The fourth-order valence-corrected chi connectivity index (χ4v) is 2.99. The Morgan fingerprint density at radius 3 is 3.27 bits per heavy atom. The van der Waals surface area contributed by atoms with E-state index in [2.05, 4.69) is 44.8 Å². The van der Waals surface area contributed by atoms with Gasteiger partial charge in [0, 0.05) is 25.0 Å². The van der Waals surface area contributed by atoms with Crippen molar-refractivity contribution in [1.82, 2.24) is 19.7 Å². The Balaban J connectivity index is 1.47. The number of rotatable bonds is 3. The number of ether oxygens (including phenoxy) is 1. The van der Waals surface area contributed by atoms with Gasteiger partial charge in [0.1, 0.15) is 12.4 Å². The number of hydrogen-bond acceptors (Lipinski definition) is 4. The fourth-order valence-electron chi connectivity index (χ4n) is 2.99. The highest BCUT2D eigenvalue weighted by Crippen LogP contribution is 2.28. The second-order valence-corrected chi connectivity index (χ2v) is 5.71. The summed E-state index contributed by atoms with van der Waals surface area (Å²) in [5, 5.41) is 3.57. The zero-order chi connectivity index (χ0) is 14.9. The molecule has 0 saturated heterocycles. The molecule has 1 aliphatic rings. The van der Waals surface area contributed by atoms with Crippen LogP contribution in [0.1, 0.15) is 16.8 Å². The highest BCUT2D eigenvalue weighted by Gasteiger charge is 2.20. The van der Waals surface area contributed by atoms with E-state index in [-0.39, 0.29) is 0 Å². The molecule has 2 aromatic heterocycles. The Morgan fingerprint density at radius 2 is 2.32 bits per heavy atom. The van der Waals surface area contributed by atoms with Gasteiger partial charge >= 0.3 is 0 Å². The van der Waals surface area contributed by atoms with Gasteiger partial charge in [-0.15, -0.1) is 0 Å². The summed E-state index contributed by atoms with van der Waals surface area (Å²) in [5.41, 5.74) is 4.50. The fraction of sp³-hybridized carbons (Fsp3) is 0.294. The van der Waals surface area contributed by atoms with E-state index >= 15 is 0 Å². The summed E-state index contributed by atoms with van der Waals surface area (Å²) in [6.45, 7) is 3.57. The minimum absolute atomic E-state index is 0.321. The summed E-state index contributed by atoms with van der Waals surface area (Å²) in [6.07, 6.45) is 8.38. The van der Waals surface area contributed by atoms with Crippen molar-refractivity contribution >= 4 is 5.65 Å². The van der Waals surface area contributed by atoms with E-state index in [1.165, 1.54) is 11.1 Å². The third-order valence-corrected chi connectivity index (χ3v) is 4.15. The van der Waals surface area contributed by atoms with Crippen LogP contribution in [-0.4, -0.2) is 27.0 Å². The average Bonchev–Trinajstić information content (AvgIpc) is 2.96. The maximum atomic E-state index is 5.93. The molecule has 3 aromatic rings. The lowest BCUT2D eigenvalue weighted by Crippen LogP contribution is -2.39. The molecule has 1 N–H and O–H groups in total. The van der Waals surface area contributed by atoms with Gasteiger partial charge < -0.3 is 10.1 Å². The first-order valence-electron chi connectivity index (χ1n) is 7.52. The number of fused-ring (bicyclic) bond motifs is 2. The van der Waals surface area contributed by atoms with E-state index in [4.69, 9.17) is 4.74 Å². The van der Waals surface area contributed by atoms with Gasteiger partial charge in [0.05, 0.1) is 18.1 Å². The molecule has 1 atom stereocenters. The Kier molecular flexibility index (Phi) is 3.27. The number of para-hydroxylation sites is 1. The van der Waals surface area contributed by atoms with Crippen LogP contribution >= 0.6 is 0 Å². The molecule has 112 valence electrons. The molecule has 22 heavy (non-hydrogen) atoms. The van der Waals surface area contributed by atoms with Gasteiger partial charge in [-0.1, -0.05) is 18.2 Å². The monoisotopic (exact) mass is 294 g/mol. The van der Waals surface area contributed by atoms with E-state index in [0.717, 1.165) is 30.1 Å². The predicted octanol–water partition coefficient (Wildman–Crippen LogP) is 2.13. The number of nitrogens with one attached hydrogen (secondary N) is 1. The molecule has 1 aliphatic heterocycles. The number of imidazole rings is 1. The van der Waals surface area contributed by atoms with Gasteiger partial charge in [0.2, 0.25) is 0 Å². The topological polar surface area (TPSA) is 51.5 Å². The number of benzene rings is 1. The Bertz CT molecular complexity index is 811. The van der Waals surface area contributed by atoms with Crippen molar-refractivity contribution in [3.05, 3.63) is 59.8 Å². The lowest BCUT2D eigenvalue weighted by molar-refractivity contribution is 0.236. The first kappa shape index (κ1) is 13.3. The molecule has 4 rings (SSSR count). The van der Waals surface area contributed by atoms with Crippen LogP contribution in [0.15, 0.2) is 43.0 Å². The molecule has 0 radical (unpaired) electrons. The van der Waals surface area contributed by atoms with Crippen molar-refractivity contribution in [1.29, 1.82) is 0 Å². The third kappa shape index (κ3) is 2.33. The maximum Gasteiger partial charge on any atom is 0.155 e. The second-order valence-electron chi connectivity index (χ2n) is 5.71. The molecule has 0 saturated carbocycles. The molecule has 1 aromatic carbocycles. The Morgan fingerprint density at radius 1 is 1.36 bits per heavy atom. The molecular formula is C17H18N4O. The molecular weight excluding hydrogens is 276 g/mol. The van der Waals surface area contributed by atoms with Crippen LogP contribution in [0.2, 0.25) is 0 Å². The van der Waals surface area contributed by atoms with Crippen LogP contribution < -0.4 is 10.1 Å². The Labute approximate surface area is 129 Å². The summed E-state index contributed by atoms with van der Waals surface area (Å²) in [5.74, 6) is 1.06. The van der Waals surface area contributed by atoms with Crippen molar-refractivity contribution in [3.8, 4) is 5.75 Å². The van der Waals surface area contributed by atoms with Crippen LogP contribution in [0.25, 0.3) is 5.65 Å². The highest BCUT2D eigenvalue weighted by molar-refractivity contribution is 5.42. The minimum atomic E-state index is 0.321. The number of aromatic nitrogens is 3. The van der Waals surface area contributed by atoms with E-state index in [1.807, 2.05) is 12.4 Å². The van der Waals surface area contributed by atoms with Crippen LogP contribution in [0.3, 0.4) is 0 Å². The highest BCUT2D eigenvalue weighted by atomic mass is 16.5. The average molecular weight is 294 g/mol. The summed E-state index contributed by atoms with van der Waals surface area (Å²) >= 11 is 0. The summed E-state index contributed by atoms with van der Waals surface area (Å²) in [6, 6.07) is 6.66. The minimum Gasteiger partial charge on any atom is -0.491 e. The molecule has 0 amide bonds. The van der Waals surface area contributed by atoms with Crippen LogP contribution in [-0.2, 0) is 13.0 Å². The summed E-state index contributed by atoms with van der Waals surface area (Å²) < 4.78 is 7.99. The van der Waals surface area contributed by atoms with E-state index in [0.29, 0.717) is 12.6 Å². The first-order chi connectivity index (χ1) is 10.8. The largest absolute Gasteiger partial charge is 0.491 e. The first-order valence-corrected chi connectivity index (χ1v) is 7.52. The Hall–Kier alpha value is -2.40. The normalized spacial score (nSPS) is 17.2. The van der Waals surface area contributed by atoms with Crippen molar-refractivity contribution < 1.29 is 4.74 Å². The molecule has 0 unspecified atom stereocenters. The van der Waals surface area contributed by atoms with E-state index in [9.17, 15) is 0 Å². The molecule has 5 nitrogen and oxygen atoms in total. The van der Waals surface area contributed by atoms with E-state index < -0.39 is 0 Å². The quantitative estimate of drug-likeness (QED) is 0.804. The zero-order valence-electron chi connectivity index (χ0n) is 12.5. The lowest BCUT2D eigenvalue weighted by atomic mass is 10.00. The molecule has 0 aliphatic carbocycles. The number of nitrogens with zero attached hydrogens (tertiary/aromatic N) is 3. The zero-order valence-corrected chi connectivity index (χ0v) is 12.5. The van der Waals surface area contributed by atoms with Crippen molar-refractivity contribution in [3.63, 3.8) is 0 Å². The van der Waals surface area contributed by atoms with Crippen LogP contribution in [0.4, 0.5) is 0 Å². The predicted molar refractivity (Wildman–Crippen MR) is 84.0 cm³/mol. The van der Waals surface area contributed by atoms with Gasteiger partial charge in [-0.2, -0.15) is 0 Å². The van der Waals surface area contributed by atoms with Gasteiger partial charge in [-0.3, -0.25) is 9.38 Å². The van der Waals surface area contributed by atoms with Gasteiger partial charge in [-0.25, -0.2) is 4.98 Å². The summed E-state index contributed by atoms with van der Waals surface area (Å²) in [7, 11) is 0.